The molecule has 5 heteroatoms. The van der Waals surface area contributed by atoms with Crippen molar-refractivity contribution in [1.29, 1.82) is 0 Å². The van der Waals surface area contributed by atoms with Gasteiger partial charge in [0.25, 0.3) is 5.91 Å². The van der Waals surface area contributed by atoms with Crippen molar-refractivity contribution >= 4 is 11.9 Å². The summed E-state index contributed by atoms with van der Waals surface area (Å²) in [5.41, 5.74) is 0.547. The lowest BCUT2D eigenvalue weighted by Crippen LogP contribution is -2.39. The van der Waals surface area contributed by atoms with Gasteiger partial charge in [-0.15, -0.1) is 0 Å². The number of hydrogen-bond donors (Lipinski definition) is 2. The summed E-state index contributed by atoms with van der Waals surface area (Å²) in [6.45, 7) is 4.14. The minimum Gasteiger partial charge on any atom is -0.356 e. The summed E-state index contributed by atoms with van der Waals surface area (Å²) in [7, 11) is 0. The Morgan fingerprint density at radius 1 is 1.35 bits per heavy atom. The van der Waals surface area contributed by atoms with Crippen LogP contribution in [0.5, 0.6) is 0 Å². The van der Waals surface area contributed by atoms with Crippen LogP contribution < -0.4 is 10.6 Å². The highest BCUT2D eigenvalue weighted by Crippen LogP contribution is 2.23. The monoisotopic (exact) mass is 276 g/mol. The molecule has 1 aliphatic carbocycles. The topological polar surface area (TPSA) is 59.0 Å². The molecule has 1 fully saturated rings. The Morgan fingerprint density at radius 2 is 2.20 bits per heavy atom. The van der Waals surface area contributed by atoms with Gasteiger partial charge in [0, 0.05) is 25.3 Å². The number of anilines is 1. The largest absolute Gasteiger partial charge is 0.356 e. The number of hydrogen-bond acceptors (Lipinski definition) is 3. The average molecular weight is 276 g/mol. The van der Waals surface area contributed by atoms with Gasteiger partial charge in [0.1, 0.15) is 5.69 Å². The fourth-order valence-electron chi connectivity index (χ4n) is 3.24. The van der Waals surface area contributed by atoms with E-state index in [1.165, 1.54) is 25.7 Å². The molecule has 2 heterocycles. The molecule has 1 aliphatic heterocycles. The molecular formula is C15H24N4O. The van der Waals surface area contributed by atoms with Crippen molar-refractivity contribution in [3.8, 4) is 0 Å². The smallest absolute Gasteiger partial charge is 0.271 e. The second-order valence-corrected chi connectivity index (χ2v) is 6.12. The molecule has 1 aromatic heterocycles. The molecule has 3 rings (SSSR count). The lowest BCUT2D eigenvalue weighted by molar-refractivity contribution is 0.0917. The first-order chi connectivity index (χ1) is 9.74. The summed E-state index contributed by atoms with van der Waals surface area (Å²) in [5.74, 6) is 1.37. The molecule has 0 saturated heterocycles. The van der Waals surface area contributed by atoms with Crippen LogP contribution in [0.15, 0.2) is 6.20 Å². The van der Waals surface area contributed by atoms with E-state index >= 15 is 0 Å². The molecule has 2 aliphatic rings. The molecule has 2 unspecified atom stereocenters. The number of rotatable bonds is 2. The molecule has 2 atom stereocenters. The van der Waals surface area contributed by atoms with Gasteiger partial charge in [-0.2, -0.15) is 0 Å². The lowest BCUT2D eigenvalue weighted by atomic mass is 9.97. The molecule has 0 aromatic carbocycles. The standard InChI is InChI=1S/C15H24N4O/c1-11-6-3-2-4-7-12(11)17-14(20)13-10-19-9-5-8-16-15(19)18-13/h10-12H,2-9H2,1H3,(H,16,18)(H,17,20). The van der Waals surface area contributed by atoms with Crippen molar-refractivity contribution in [3.05, 3.63) is 11.9 Å². The second-order valence-electron chi connectivity index (χ2n) is 6.12. The van der Waals surface area contributed by atoms with E-state index in [1.54, 1.807) is 0 Å². The number of aryl methyl sites for hydroxylation is 1. The minimum atomic E-state index is -0.0209. The number of nitrogens with zero attached hydrogens (tertiary/aromatic N) is 2. The fraction of sp³-hybridized carbons (Fsp3) is 0.733. The maximum atomic E-state index is 12.4. The Morgan fingerprint density at radius 3 is 3.05 bits per heavy atom. The van der Waals surface area contributed by atoms with E-state index in [0.717, 1.165) is 31.9 Å². The quantitative estimate of drug-likeness (QED) is 0.815. The first-order valence-electron chi connectivity index (χ1n) is 7.86. The molecule has 110 valence electrons. The summed E-state index contributed by atoms with van der Waals surface area (Å²) in [4.78, 5) is 16.8. The first-order valence-corrected chi connectivity index (χ1v) is 7.86. The fourth-order valence-corrected chi connectivity index (χ4v) is 3.24. The zero-order valence-electron chi connectivity index (χ0n) is 12.2. The molecule has 2 N–H and O–H groups in total. The molecule has 0 spiro atoms. The van der Waals surface area contributed by atoms with E-state index in [1.807, 2.05) is 10.8 Å². The zero-order valence-corrected chi connectivity index (χ0v) is 12.2. The molecule has 1 amide bonds. The highest BCUT2D eigenvalue weighted by Gasteiger charge is 2.24. The predicted molar refractivity (Wildman–Crippen MR) is 78.8 cm³/mol. The number of carbonyl (C=O) groups excluding carboxylic acids is 1. The Bertz CT molecular complexity index is 459. The molecular weight excluding hydrogens is 252 g/mol. The Hall–Kier alpha value is -1.52. The van der Waals surface area contributed by atoms with Gasteiger partial charge < -0.3 is 15.2 Å². The van der Waals surface area contributed by atoms with E-state index < -0.39 is 0 Å². The zero-order chi connectivity index (χ0) is 13.9. The summed E-state index contributed by atoms with van der Waals surface area (Å²) in [6, 6.07) is 0.302. The molecule has 5 nitrogen and oxygen atoms in total. The van der Waals surface area contributed by atoms with Crippen LogP contribution in [0, 0.1) is 5.92 Å². The van der Waals surface area contributed by atoms with Gasteiger partial charge in [0.15, 0.2) is 0 Å². The third-order valence-electron chi connectivity index (χ3n) is 4.55. The van der Waals surface area contributed by atoms with Crippen LogP contribution in [0.4, 0.5) is 5.95 Å². The highest BCUT2D eigenvalue weighted by molar-refractivity contribution is 5.92. The lowest BCUT2D eigenvalue weighted by Gasteiger charge is -2.22. The highest BCUT2D eigenvalue weighted by atomic mass is 16.2. The molecule has 0 bridgehead atoms. The predicted octanol–water partition coefficient (Wildman–Crippen LogP) is 2.40. The molecule has 0 radical (unpaired) electrons. The van der Waals surface area contributed by atoms with E-state index in [-0.39, 0.29) is 5.91 Å². The number of nitrogens with one attached hydrogen (secondary N) is 2. The van der Waals surface area contributed by atoms with Crippen molar-refractivity contribution in [2.45, 2.75) is 58.0 Å². The van der Waals surface area contributed by atoms with E-state index in [9.17, 15) is 4.79 Å². The Labute approximate surface area is 120 Å². The van der Waals surface area contributed by atoms with Gasteiger partial charge in [-0.05, 0) is 25.2 Å². The van der Waals surface area contributed by atoms with Gasteiger partial charge in [-0.1, -0.05) is 26.2 Å². The van der Waals surface area contributed by atoms with Gasteiger partial charge in [-0.3, -0.25) is 4.79 Å². The van der Waals surface area contributed by atoms with Gasteiger partial charge in [0.05, 0.1) is 0 Å². The number of fused-ring (bicyclic) bond motifs is 1. The number of carbonyl (C=O) groups is 1. The molecule has 1 saturated carbocycles. The van der Waals surface area contributed by atoms with Crippen LogP contribution in [0.1, 0.15) is 55.9 Å². The van der Waals surface area contributed by atoms with Crippen LogP contribution in [-0.4, -0.2) is 28.0 Å². The number of imidazole rings is 1. The van der Waals surface area contributed by atoms with E-state index in [4.69, 9.17) is 0 Å². The van der Waals surface area contributed by atoms with Crippen LogP contribution >= 0.6 is 0 Å². The molecule has 1 aromatic rings. The third kappa shape index (κ3) is 2.81. The van der Waals surface area contributed by atoms with Crippen LogP contribution in [0.25, 0.3) is 0 Å². The summed E-state index contributed by atoms with van der Waals surface area (Å²) >= 11 is 0. The normalized spacial score (nSPS) is 26.2. The first kappa shape index (κ1) is 13.5. The van der Waals surface area contributed by atoms with Gasteiger partial charge in [-0.25, -0.2) is 4.98 Å². The number of aromatic nitrogens is 2. The maximum Gasteiger partial charge on any atom is 0.271 e. The van der Waals surface area contributed by atoms with Crippen LogP contribution in [-0.2, 0) is 6.54 Å². The van der Waals surface area contributed by atoms with Crippen molar-refractivity contribution in [3.63, 3.8) is 0 Å². The van der Waals surface area contributed by atoms with Crippen molar-refractivity contribution in [2.24, 2.45) is 5.92 Å². The van der Waals surface area contributed by atoms with Crippen LogP contribution in [0.3, 0.4) is 0 Å². The van der Waals surface area contributed by atoms with E-state index in [0.29, 0.717) is 17.7 Å². The van der Waals surface area contributed by atoms with Crippen molar-refractivity contribution < 1.29 is 4.79 Å². The van der Waals surface area contributed by atoms with Crippen LogP contribution in [0.2, 0.25) is 0 Å². The average Bonchev–Trinajstić information content (AvgIpc) is 2.79. The Balaban J connectivity index is 1.67. The third-order valence-corrected chi connectivity index (χ3v) is 4.55. The summed E-state index contributed by atoms with van der Waals surface area (Å²) < 4.78 is 2.04. The van der Waals surface area contributed by atoms with E-state index in [2.05, 4.69) is 22.5 Å². The Kier molecular flexibility index (Phi) is 3.94. The van der Waals surface area contributed by atoms with Gasteiger partial charge >= 0.3 is 0 Å². The van der Waals surface area contributed by atoms with Gasteiger partial charge in [0.2, 0.25) is 5.95 Å². The molecule has 20 heavy (non-hydrogen) atoms. The summed E-state index contributed by atoms with van der Waals surface area (Å²) in [6.07, 6.45) is 9.07. The SMILES string of the molecule is CC1CCCCCC1NC(=O)c1cn2c(n1)NCCC2. The number of amides is 1. The minimum absolute atomic E-state index is 0.0209. The second kappa shape index (κ2) is 5.85. The van der Waals surface area contributed by atoms with Crippen molar-refractivity contribution in [2.75, 3.05) is 11.9 Å². The van der Waals surface area contributed by atoms with Crippen molar-refractivity contribution in [1.82, 2.24) is 14.9 Å². The maximum absolute atomic E-state index is 12.4. The summed E-state index contributed by atoms with van der Waals surface area (Å²) in [5, 5.41) is 6.42.